The molecule has 0 saturated heterocycles. The second-order valence-corrected chi connectivity index (χ2v) is 7.53. The largest absolute Gasteiger partial charge is 0.508 e. The summed E-state index contributed by atoms with van der Waals surface area (Å²) < 4.78 is -0.0486. The number of thioether (sulfide) groups is 1. The molecular weight excluding hydrogens is 290 g/mol. The van der Waals surface area contributed by atoms with Gasteiger partial charge in [0.1, 0.15) is 11.8 Å². The summed E-state index contributed by atoms with van der Waals surface area (Å²) >= 11 is 1.47. The molecule has 0 heterocycles. The third kappa shape index (κ3) is 7.04. The van der Waals surface area contributed by atoms with E-state index in [4.69, 9.17) is 0 Å². The number of nitrogens with one attached hydrogen (secondary N) is 1. The molecule has 0 saturated carbocycles. The van der Waals surface area contributed by atoms with Gasteiger partial charge in [-0.15, -0.1) is 11.8 Å². The molecule has 1 aromatic rings. The molecule has 0 unspecified atom stereocenters. The van der Waals surface area contributed by atoms with Crippen molar-refractivity contribution in [3.05, 3.63) is 29.8 Å². The molecule has 5 nitrogen and oxygen atoms in total. The Morgan fingerprint density at radius 3 is 2.29 bits per heavy atom. The van der Waals surface area contributed by atoms with Gasteiger partial charge in [-0.2, -0.15) is 0 Å². The van der Waals surface area contributed by atoms with Crippen LogP contribution in [0.5, 0.6) is 5.75 Å². The smallest absolute Gasteiger partial charge is 0.326 e. The van der Waals surface area contributed by atoms with Crippen LogP contribution in [-0.2, 0) is 16.0 Å². The molecule has 1 atom stereocenters. The summed E-state index contributed by atoms with van der Waals surface area (Å²) in [5, 5.41) is 20.9. The number of benzene rings is 1. The first-order chi connectivity index (χ1) is 9.67. The summed E-state index contributed by atoms with van der Waals surface area (Å²) in [6, 6.07) is 5.29. The third-order valence-corrected chi connectivity index (χ3v) is 3.92. The van der Waals surface area contributed by atoms with Gasteiger partial charge in [-0.3, -0.25) is 4.79 Å². The normalized spacial score (nSPS) is 12.7. The molecule has 21 heavy (non-hydrogen) atoms. The lowest BCUT2D eigenvalue weighted by molar-refractivity contribution is -0.141. The zero-order valence-corrected chi connectivity index (χ0v) is 13.2. The maximum Gasteiger partial charge on any atom is 0.326 e. The Labute approximate surface area is 128 Å². The van der Waals surface area contributed by atoms with Crippen molar-refractivity contribution in [2.75, 3.05) is 5.75 Å². The first kappa shape index (κ1) is 17.4. The van der Waals surface area contributed by atoms with Gasteiger partial charge >= 0.3 is 5.97 Å². The van der Waals surface area contributed by atoms with Crippen LogP contribution in [0.25, 0.3) is 0 Å². The molecule has 0 aliphatic heterocycles. The van der Waals surface area contributed by atoms with Crippen LogP contribution in [0.3, 0.4) is 0 Å². The number of phenols is 1. The maximum absolute atomic E-state index is 11.8. The number of amides is 1. The Bertz CT molecular complexity index is 493. The molecule has 3 N–H and O–H groups in total. The van der Waals surface area contributed by atoms with Crippen LogP contribution in [-0.4, -0.2) is 38.6 Å². The minimum atomic E-state index is -1.07. The van der Waals surface area contributed by atoms with E-state index >= 15 is 0 Å². The van der Waals surface area contributed by atoms with Crippen LogP contribution in [0.2, 0.25) is 0 Å². The van der Waals surface area contributed by atoms with Crippen LogP contribution >= 0.6 is 11.8 Å². The van der Waals surface area contributed by atoms with Crippen molar-refractivity contribution in [3.63, 3.8) is 0 Å². The number of carboxylic acids is 1. The van der Waals surface area contributed by atoms with E-state index in [1.165, 1.54) is 23.9 Å². The fraction of sp³-hybridized carbons (Fsp3) is 0.467. The van der Waals surface area contributed by atoms with Crippen molar-refractivity contribution in [2.24, 2.45) is 0 Å². The van der Waals surface area contributed by atoms with Gasteiger partial charge < -0.3 is 15.5 Å². The van der Waals surface area contributed by atoms with Crippen LogP contribution in [0.15, 0.2) is 24.3 Å². The highest BCUT2D eigenvalue weighted by Crippen LogP contribution is 2.22. The summed E-state index contributed by atoms with van der Waals surface area (Å²) in [5.74, 6) is -1.02. The Kier molecular flexibility index (Phi) is 6.08. The molecule has 0 spiro atoms. The predicted molar refractivity (Wildman–Crippen MR) is 83.6 cm³/mol. The predicted octanol–water partition coefficient (Wildman–Crippen LogP) is 2.04. The monoisotopic (exact) mass is 311 g/mol. The van der Waals surface area contributed by atoms with E-state index in [-0.39, 0.29) is 28.6 Å². The molecule has 0 aliphatic carbocycles. The number of carboxylic acid groups (broad SMARTS) is 1. The Morgan fingerprint density at radius 2 is 1.81 bits per heavy atom. The van der Waals surface area contributed by atoms with Gasteiger partial charge in [-0.1, -0.05) is 32.9 Å². The number of phenolic OH excluding ortho intramolecular Hbond substituents is 1. The summed E-state index contributed by atoms with van der Waals surface area (Å²) in [6.45, 7) is 5.99. The minimum Gasteiger partial charge on any atom is -0.508 e. The minimum absolute atomic E-state index is 0.0486. The van der Waals surface area contributed by atoms with Gasteiger partial charge in [0.05, 0.1) is 5.75 Å². The number of hydrogen-bond donors (Lipinski definition) is 3. The van der Waals surface area contributed by atoms with Crippen LogP contribution in [0.4, 0.5) is 0 Å². The van der Waals surface area contributed by atoms with E-state index in [1.807, 2.05) is 20.8 Å². The van der Waals surface area contributed by atoms with Crippen molar-refractivity contribution in [3.8, 4) is 5.75 Å². The highest BCUT2D eigenvalue weighted by Gasteiger charge is 2.21. The van der Waals surface area contributed by atoms with E-state index in [2.05, 4.69) is 5.32 Å². The average Bonchev–Trinajstić information content (AvgIpc) is 2.37. The fourth-order valence-electron chi connectivity index (χ4n) is 1.59. The van der Waals surface area contributed by atoms with Gasteiger partial charge in [0.2, 0.25) is 5.91 Å². The zero-order valence-electron chi connectivity index (χ0n) is 12.4. The van der Waals surface area contributed by atoms with Crippen molar-refractivity contribution in [1.82, 2.24) is 5.32 Å². The van der Waals surface area contributed by atoms with Gasteiger partial charge in [0.25, 0.3) is 0 Å². The van der Waals surface area contributed by atoms with Crippen LogP contribution in [0.1, 0.15) is 26.3 Å². The quantitative estimate of drug-likeness (QED) is 0.748. The van der Waals surface area contributed by atoms with E-state index in [0.717, 1.165) is 5.56 Å². The number of aromatic hydroxyl groups is 1. The van der Waals surface area contributed by atoms with E-state index in [9.17, 15) is 19.8 Å². The fourth-order valence-corrected chi connectivity index (χ4v) is 2.23. The Hall–Kier alpha value is -1.69. The van der Waals surface area contributed by atoms with Crippen molar-refractivity contribution in [2.45, 2.75) is 38.0 Å². The van der Waals surface area contributed by atoms with Gasteiger partial charge in [-0.25, -0.2) is 4.79 Å². The lowest BCUT2D eigenvalue weighted by atomic mass is 10.1. The highest BCUT2D eigenvalue weighted by atomic mass is 32.2. The topological polar surface area (TPSA) is 86.6 Å². The van der Waals surface area contributed by atoms with Gasteiger partial charge in [-0.05, 0) is 17.7 Å². The number of rotatable bonds is 6. The van der Waals surface area contributed by atoms with E-state index in [1.54, 1.807) is 12.1 Å². The molecule has 0 aromatic heterocycles. The molecule has 116 valence electrons. The molecule has 1 rings (SSSR count). The van der Waals surface area contributed by atoms with E-state index < -0.39 is 12.0 Å². The van der Waals surface area contributed by atoms with Gasteiger partial charge in [0, 0.05) is 11.2 Å². The Morgan fingerprint density at radius 1 is 1.24 bits per heavy atom. The molecule has 1 aromatic carbocycles. The number of carbonyl (C=O) groups excluding carboxylic acids is 1. The first-order valence-electron chi connectivity index (χ1n) is 6.61. The SMILES string of the molecule is CC(C)(C)SCC(=O)N[C@H](Cc1ccc(O)cc1)C(=O)O. The summed E-state index contributed by atoms with van der Waals surface area (Å²) in [6.07, 6.45) is 0.182. The average molecular weight is 311 g/mol. The van der Waals surface area contributed by atoms with Crippen LogP contribution in [0, 0.1) is 0 Å². The lowest BCUT2D eigenvalue weighted by Gasteiger charge is -2.19. The van der Waals surface area contributed by atoms with Crippen molar-refractivity contribution >= 4 is 23.6 Å². The second kappa shape index (κ2) is 7.36. The third-order valence-electron chi connectivity index (χ3n) is 2.65. The number of carbonyl (C=O) groups is 2. The highest BCUT2D eigenvalue weighted by molar-refractivity contribution is 8.01. The molecule has 1 amide bonds. The van der Waals surface area contributed by atoms with Crippen molar-refractivity contribution < 1.29 is 19.8 Å². The molecule has 0 radical (unpaired) electrons. The molecule has 0 aliphatic rings. The summed E-state index contributed by atoms with van der Waals surface area (Å²) in [4.78, 5) is 23.1. The van der Waals surface area contributed by atoms with Crippen LogP contribution < -0.4 is 5.32 Å². The maximum atomic E-state index is 11.8. The molecule has 0 bridgehead atoms. The molecular formula is C15H21NO4S. The number of aliphatic carboxylic acids is 1. The standard InChI is InChI=1S/C15H21NO4S/c1-15(2,3)21-9-13(18)16-12(14(19)20)8-10-4-6-11(17)7-5-10/h4-7,12,17H,8-9H2,1-3H3,(H,16,18)(H,19,20)/t12-/m1/s1. The first-order valence-corrected chi connectivity index (χ1v) is 7.60. The van der Waals surface area contributed by atoms with Crippen molar-refractivity contribution in [1.29, 1.82) is 0 Å². The zero-order chi connectivity index (χ0) is 16.0. The second-order valence-electron chi connectivity index (χ2n) is 5.73. The molecule has 6 heteroatoms. The van der Waals surface area contributed by atoms with E-state index in [0.29, 0.717) is 0 Å². The summed E-state index contributed by atoms with van der Waals surface area (Å²) in [7, 11) is 0. The van der Waals surface area contributed by atoms with Gasteiger partial charge in [0.15, 0.2) is 0 Å². The lowest BCUT2D eigenvalue weighted by Crippen LogP contribution is -2.43. The Balaban J connectivity index is 2.59. The molecule has 0 fully saturated rings. The number of hydrogen-bond acceptors (Lipinski definition) is 4. The summed E-state index contributed by atoms with van der Waals surface area (Å²) in [5.41, 5.74) is 0.740.